The maximum atomic E-state index is 4.80. The van der Waals surface area contributed by atoms with Gasteiger partial charge in [0.1, 0.15) is 0 Å². The second kappa shape index (κ2) is 5.27. The van der Waals surface area contributed by atoms with E-state index in [9.17, 15) is 0 Å². The Labute approximate surface area is 139 Å². The Morgan fingerprint density at radius 2 is 1.75 bits per heavy atom. The molecule has 1 aliphatic rings. The van der Waals surface area contributed by atoms with Gasteiger partial charge in [0.05, 0.1) is 11.2 Å². The van der Waals surface area contributed by atoms with Gasteiger partial charge >= 0.3 is 0 Å². The van der Waals surface area contributed by atoms with Gasteiger partial charge in [-0.3, -0.25) is 0 Å². The minimum absolute atomic E-state index is 0.583. The molecule has 0 spiro atoms. The van der Waals surface area contributed by atoms with Crippen molar-refractivity contribution in [2.24, 2.45) is 0 Å². The molecule has 0 N–H and O–H groups in total. The smallest absolute Gasteiger partial charge is 0.219 e. The molecule has 0 amide bonds. The number of aromatic nitrogens is 4. The van der Waals surface area contributed by atoms with E-state index in [-0.39, 0.29) is 0 Å². The van der Waals surface area contributed by atoms with Gasteiger partial charge in [-0.25, -0.2) is 9.97 Å². The van der Waals surface area contributed by atoms with Crippen molar-refractivity contribution in [3.63, 3.8) is 0 Å². The minimum atomic E-state index is 0.583. The standard InChI is InChI=1S/C20H15N4/c1-2-6-14(7-3-1)16-12-21-20(22-13-16)24-18-9-5-4-8-17(18)19(23-24)15-10-11-15/h1-4,6-9,12-13,15H,10-11H2. The van der Waals surface area contributed by atoms with E-state index in [2.05, 4.69) is 34.2 Å². The van der Waals surface area contributed by atoms with E-state index in [1.807, 2.05) is 47.4 Å². The zero-order valence-electron chi connectivity index (χ0n) is 13.1. The van der Waals surface area contributed by atoms with Crippen LogP contribution < -0.4 is 0 Å². The molecule has 1 fully saturated rings. The third kappa shape index (κ3) is 2.19. The van der Waals surface area contributed by atoms with Gasteiger partial charge in [-0.15, -0.1) is 0 Å². The monoisotopic (exact) mass is 311 g/mol. The van der Waals surface area contributed by atoms with Gasteiger partial charge < -0.3 is 0 Å². The molecule has 0 atom stereocenters. The number of hydrogen-bond acceptors (Lipinski definition) is 3. The molecule has 2 aromatic heterocycles. The highest BCUT2D eigenvalue weighted by Gasteiger charge is 2.29. The lowest BCUT2D eigenvalue weighted by molar-refractivity contribution is 0.803. The summed E-state index contributed by atoms with van der Waals surface area (Å²) in [5.74, 6) is 1.19. The van der Waals surface area contributed by atoms with Crippen LogP contribution in [0.4, 0.5) is 0 Å². The summed E-state index contributed by atoms with van der Waals surface area (Å²) in [6.07, 6.45) is 6.15. The van der Waals surface area contributed by atoms with Crippen LogP contribution in [-0.2, 0) is 0 Å². The Morgan fingerprint density at radius 1 is 0.958 bits per heavy atom. The molecule has 0 aliphatic heterocycles. The molecule has 4 heteroatoms. The average Bonchev–Trinajstić information content (AvgIpc) is 3.43. The highest BCUT2D eigenvalue weighted by Crippen LogP contribution is 2.42. The summed E-state index contributed by atoms with van der Waals surface area (Å²) in [7, 11) is 0. The van der Waals surface area contributed by atoms with Crippen LogP contribution in [0.5, 0.6) is 0 Å². The summed E-state index contributed by atoms with van der Waals surface area (Å²) in [4.78, 5) is 9.09. The fourth-order valence-corrected chi connectivity index (χ4v) is 3.05. The van der Waals surface area contributed by atoms with Gasteiger partial charge in [0, 0.05) is 29.3 Å². The number of nitrogens with zero attached hydrogens (tertiary/aromatic N) is 4. The highest BCUT2D eigenvalue weighted by atomic mass is 15.4. The first-order valence-corrected chi connectivity index (χ1v) is 8.17. The summed E-state index contributed by atoms with van der Waals surface area (Å²) >= 11 is 0. The van der Waals surface area contributed by atoms with Gasteiger partial charge in [-0.05, 0) is 30.5 Å². The van der Waals surface area contributed by atoms with E-state index >= 15 is 0 Å². The predicted octanol–water partition coefficient (Wildman–Crippen LogP) is 4.16. The molecular formula is C20H15N4. The Hall–Kier alpha value is -3.01. The van der Waals surface area contributed by atoms with Gasteiger partial charge in [0.2, 0.25) is 0 Å². The molecule has 0 bridgehead atoms. The summed E-state index contributed by atoms with van der Waals surface area (Å²) in [6.45, 7) is 0. The lowest BCUT2D eigenvalue weighted by atomic mass is 10.1. The van der Waals surface area contributed by atoms with Crippen LogP contribution in [0.2, 0.25) is 0 Å². The van der Waals surface area contributed by atoms with Crippen molar-refractivity contribution in [3.05, 3.63) is 72.7 Å². The molecule has 1 radical (unpaired) electrons. The van der Waals surface area contributed by atoms with E-state index < -0.39 is 0 Å². The minimum Gasteiger partial charge on any atom is -0.219 e. The predicted molar refractivity (Wildman–Crippen MR) is 92.9 cm³/mol. The molecule has 2 heterocycles. The molecule has 5 rings (SSSR count). The van der Waals surface area contributed by atoms with Crippen LogP contribution in [0.1, 0.15) is 24.5 Å². The molecule has 1 aliphatic carbocycles. The van der Waals surface area contributed by atoms with Crippen molar-refractivity contribution in [1.82, 2.24) is 19.7 Å². The lowest BCUT2D eigenvalue weighted by Gasteiger charge is -2.04. The van der Waals surface area contributed by atoms with E-state index in [1.165, 1.54) is 18.2 Å². The van der Waals surface area contributed by atoms with Crippen molar-refractivity contribution >= 4 is 10.9 Å². The van der Waals surface area contributed by atoms with Crippen LogP contribution >= 0.6 is 0 Å². The molecule has 1 saturated carbocycles. The number of fused-ring (bicyclic) bond motifs is 1. The molecule has 4 nitrogen and oxygen atoms in total. The van der Waals surface area contributed by atoms with Crippen molar-refractivity contribution in [3.8, 4) is 17.1 Å². The fourth-order valence-electron chi connectivity index (χ4n) is 3.05. The summed E-state index contributed by atoms with van der Waals surface area (Å²) < 4.78 is 1.84. The van der Waals surface area contributed by atoms with E-state index in [4.69, 9.17) is 5.10 Å². The topological polar surface area (TPSA) is 43.6 Å². The van der Waals surface area contributed by atoms with Crippen molar-refractivity contribution < 1.29 is 0 Å². The normalized spacial score (nSPS) is 14.2. The summed E-state index contributed by atoms with van der Waals surface area (Å²) in [6, 6.07) is 19.3. The van der Waals surface area contributed by atoms with Crippen LogP contribution in [-0.4, -0.2) is 19.7 Å². The molecule has 4 aromatic rings. The van der Waals surface area contributed by atoms with Crippen LogP contribution in [0.3, 0.4) is 0 Å². The molecule has 115 valence electrons. The lowest BCUT2D eigenvalue weighted by Crippen LogP contribution is -2.03. The number of hydrogen-bond donors (Lipinski definition) is 0. The van der Waals surface area contributed by atoms with Crippen LogP contribution in [0.15, 0.2) is 60.9 Å². The Bertz CT molecular complexity index is 999. The third-order valence-corrected chi connectivity index (χ3v) is 4.45. The maximum absolute atomic E-state index is 4.80. The molecule has 24 heavy (non-hydrogen) atoms. The summed E-state index contributed by atoms with van der Waals surface area (Å²) in [5.41, 5.74) is 4.30. The van der Waals surface area contributed by atoms with Gasteiger partial charge in [0.15, 0.2) is 0 Å². The second-order valence-corrected chi connectivity index (χ2v) is 6.15. The molecular weight excluding hydrogens is 296 g/mol. The van der Waals surface area contributed by atoms with E-state index in [0.717, 1.165) is 22.3 Å². The van der Waals surface area contributed by atoms with Gasteiger partial charge in [-0.1, -0.05) is 42.5 Å². The number of benzene rings is 2. The largest absolute Gasteiger partial charge is 0.251 e. The SMILES string of the molecule is [c]1ccc2c(C3CC3)nn(-c3ncc(-c4ccccc4)cn3)c2c1. The first kappa shape index (κ1) is 13.4. The Morgan fingerprint density at radius 3 is 2.50 bits per heavy atom. The number of rotatable bonds is 3. The van der Waals surface area contributed by atoms with E-state index in [0.29, 0.717) is 11.9 Å². The Kier molecular flexibility index (Phi) is 2.95. The van der Waals surface area contributed by atoms with Gasteiger partial charge in [-0.2, -0.15) is 9.78 Å². The zero-order chi connectivity index (χ0) is 15.9. The second-order valence-electron chi connectivity index (χ2n) is 6.15. The van der Waals surface area contributed by atoms with Crippen LogP contribution in [0, 0.1) is 6.07 Å². The molecule has 0 saturated heterocycles. The van der Waals surface area contributed by atoms with Crippen molar-refractivity contribution in [1.29, 1.82) is 0 Å². The summed E-state index contributed by atoms with van der Waals surface area (Å²) in [5, 5.41) is 5.98. The fraction of sp³-hybridized carbons (Fsp3) is 0.150. The molecule has 0 unspecified atom stereocenters. The maximum Gasteiger partial charge on any atom is 0.251 e. The van der Waals surface area contributed by atoms with Crippen molar-refractivity contribution in [2.75, 3.05) is 0 Å². The van der Waals surface area contributed by atoms with Crippen LogP contribution in [0.25, 0.3) is 28.0 Å². The average molecular weight is 311 g/mol. The zero-order valence-corrected chi connectivity index (χ0v) is 13.1. The third-order valence-electron chi connectivity index (χ3n) is 4.45. The first-order valence-electron chi connectivity index (χ1n) is 8.17. The Balaban J connectivity index is 1.60. The van der Waals surface area contributed by atoms with Gasteiger partial charge in [0.25, 0.3) is 5.95 Å². The molecule has 2 aromatic carbocycles. The van der Waals surface area contributed by atoms with E-state index in [1.54, 1.807) is 0 Å². The van der Waals surface area contributed by atoms with Crippen molar-refractivity contribution in [2.45, 2.75) is 18.8 Å². The first-order chi connectivity index (χ1) is 11.9. The quantitative estimate of drug-likeness (QED) is 0.570. The highest BCUT2D eigenvalue weighted by molar-refractivity contribution is 5.83.